The monoisotopic (exact) mass is 166 g/mol. The molecule has 3 nitrogen and oxygen atoms in total. The van der Waals surface area contributed by atoms with Gasteiger partial charge in [-0.05, 0) is 26.4 Å². The fraction of sp³-hybridized carbons (Fsp3) is 0.778. The number of hydrogen-bond acceptors (Lipinski definition) is 3. The lowest BCUT2D eigenvalue weighted by Crippen LogP contribution is -2.41. The molecule has 0 bridgehead atoms. The first-order valence-corrected chi connectivity index (χ1v) is 4.35. The number of ketones is 1. The van der Waals surface area contributed by atoms with Crippen LogP contribution in [0.5, 0.6) is 0 Å². The highest BCUT2D eigenvalue weighted by Crippen LogP contribution is 2.16. The van der Waals surface area contributed by atoms with Crippen molar-refractivity contribution in [2.24, 2.45) is 0 Å². The van der Waals surface area contributed by atoms with Gasteiger partial charge in [0.05, 0.1) is 18.5 Å². The number of carbonyl (C=O) groups excluding carboxylic acids is 1. The van der Waals surface area contributed by atoms with Crippen LogP contribution in [0.4, 0.5) is 0 Å². The summed E-state index contributed by atoms with van der Waals surface area (Å²) in [7, 11) is 1.96. The minimum absolute atomic E-state index is 0.0124. The summed E-state index contributed by atoms with van der Waals surface area (Å²) in [5.74, 6) is 0.0831. The van der Waals surface area contributed by atoms with E-state index >= 15 is 0 Å². The van der Waals surface area contributed by atoms with Crippen molar-refractivity contribution in [3.8, 4) is 6.07 Å². The number of nitriles is 1. The zero-order valence-electron chi connectivity index (χ0n) is 7.42. The lowest BCUT2D eigenvalue weighted by atomic mass is 9.98. The molecule has 0 aliphatic carbocycles. The van der Waals surface area contributed by atoms with E-state index in [0.717, 1.165) is 19.4 Å². The summed E-state index contributed by atoms with van der Waals surface area (Å²) in [6.07, 6.45) is 3.28. The van der Waals surface area contributed by atoms with Gasteiger partial charge in [0.1, 0.15) is 0 Å². The van der Waals surface area contributed by atoms with Crippen LogP contribution in [0.15, 0.2) is 0 Å². The first-order chi connectivity index (χ1) is 5.75. The molecule has 12 heavy (non-hydrogen) atoms. The van der Waals surface area contributed by atoms with Gasteiger partial charge in [0.2, 0.25) is 0 Å². The Balaban J connectivity index is 2.49. The highest BCUT2D eigenvalue weighted by Gasteiger charge is 2.24. The van der Waals surface area contributed by atoms with Crippen LogP contribution in [0.1, 0.15) is 25.7 Å². The van der Waals surface area contributed by atoms with E-state index in [9.17, 15) is 4.79 Å². The number of carbonyl (C=O) groups is 1. The molecular formula is C9H14N2O. The normalized spacial score (nSPS) is 24.8. The van der Waals surface area contributed by atoms with Gasteiger partial charge in [-0.25, -0.2) is 0 Å². The average molecular weight is 166 g/mol. The van der Waals surface area contributed by atoms with Crippen LogP contribution in [0, 0.1) is 11.3 Å². The van der Waals surface area contributed by atoms with Crippen LogP contribution < -0.4 is 0 Å². The molecule has 1 fully saturated rings. The maximum absolute atomic E-state index is 11.3. The summed E-state index contributed by atoms with van der Waals surface area (Å²) in [5, 5.41) is 8.36. The van der Waals surface area contributed by atoms with Gasteiger partial charge < -0.3 is 0 Å². The van der Waals surface area contributed by atoms with Crippen LogP contribution in [0.3, 0.4) is 0 Å². The molecule has 0 aromatic rings. The van der Waals surface area contributed by atoms with E-state index in [1.807, 2.05) is 13.1 Å². The number of Topliss-reactive ketones (excluding diaryl/α,β-unsaturated/α-hetero) is 1. The predicted molar refractivity (Wildman–Crippen MR) is 45.5 cm³/mol. The second kappa shape index (κ2) is 4.22. The largest absolute Gasteiger partial charge is 0.297 e. The van der Waals surface area contributed by atoms with Crippen molar-refractivity contribution in [3.63, 3.8) is 0 Å². The van der Waals surface area contributed by atoms with E-state index in [1.165, 1.54) is 6.42 Å². The molecule has 1 saturated heterocycles. The molecule has 0 radical (unpaired) electrons. The fourth-order valence-electron chi connectivity index (χ4n) is 1.68. The van der Waals surface area contributed by atoms with E-state index in [0.29, 0.717) is 0 Å². The Labute approximate surface area is 73.0 Å². The number of likely N-dealkylation sites (tertiary alicyclic amines) is 1. The van der Waals surface area contributed by atoms with Gasteiger partial charge in [0.15, 0.2) is 5.78 Å². The molecule has 66 valence electrons. The SMILES string of the molecule is CN1CCCCC1C(=O)CC#N. The maximum Gasteiger partial charge on any atom is 0.163 e. The lowest BCUT2D eigenvalue weighted by molar-refractivity contribution is -0.123. The number of hydrogen-bond donors (Lipinski definition) is 0. The highest BCUT2D eigenvalue weighted by atomic mass is 16.1. The van der Waals surface area contributed by atoms with Crippen molar-refractivity contribution in [2.45, 2.75) is 31.7 Å². The smallest absolute Gasteiger partial charge is 0.163 e. The second-order valence-electron chi connectivity index (χ2n) is 3.29. The molecule has 1 rings (SSSR count). The van der Waals surface area contributed by atoms with Gasteiger partial charge in [-0.3, -0.25) is 9.69 Å². The van der Waals surface area contributed by atoms with Gasteiger partial charge in [-0.15, -0.1) is 0 Å². The van der Waals surface area contributed by atoms with Gasteiger partial charge in [-0.2, -0.15) is 5.26 Å². The third kappa shape index (κ3) is 2.05. The second-order valence-corrected chi connectivity index (χ2v) is 3.29. The minimum atomic E-state index is 0.0124. The van der Waals surface area contributed by atoms with Crippen LogP contribution in [0.25, 0.3) is 0 Å². The zero-order valence-corrected chi connectivity index (χ0v) is 7.42. The first-order valence-electron chi connectivity index (χ1n) is 4.35. The summed E-state index contributed by atoms with van der Waals surface area (Å²) < 4.78 is 0. The highest BCUT2D eigenvalue weighted by molar-refractivity contribution is 5.85. The van der Waals surface area contributed by atoms with Gasteiger partial charge in [-0.1, -0.05) is 6.42 Å². The van der Waals surface area contributed by atoms with Crippen molar-refractivity contribution in [2.75, 3.05) is 13.6 Å². The molecule has 0 saturated carbocycles. The summed E-state index contributed by atoms with van der Waals surface area (Å²) in [6, 6.07) is 1.92. The Hall–Kier alpha value is -0.880. The summed E-state index contributed by atoms with van der Waals surface area (Å²) in [6.45, 7) is 0.988. The first kappa shape index (κ1) is 9.21. The molecule has 1 aliphatic rings. The van der Waals surface area contributed by atoms with Crippen molar-refractivity contribution in [1.29, 1.82) is 5.26 Å². The minimum Gasteiger partial charge on any atom is -0.297 e. The van der Waals surface area contributed by atoms with E-state index in [4.69, 9.17) is 5.26 Å². The predicted octanol–water partition coefficient (Wildman–Crippen LogP) is 0.953. The summed E-state index contributed by atoms with van der Waals surface area (Å²) in [4.78, 5) is 13.4. The molecule has 1 heterocycles. The van der Waals surface area contributed by atoms with Crippen LogP contribution in [0.2, 0.25) is 0 Å². The van der Waals surface area contributed by atoms with E-state index in [-0.39, 0.29) is 18.2 Å². The van der Waals surface area contributed by atoms with Crippen molar-refractivity contribution < 1.29 is 4.79 Å². The standard InChI is InChI=1S/C9H14N2O/c1-11-7-3-2-4-8(11)9(12)5-6-10/h8H,2-5,7H2,1H3. The van der Waals surface area contributed by atoms with Crippen LogP contribution in [-0.4, -0.2) is 30.3 Å². The Kier molecular flexibility index (Phi) is 3.24. The summed E-state index contributed by atoms with van der Waals surface area (Å²) in [5.41, 5.74) is 0. The van der Waals surface area contributed by atoms with Crippen molar-refractivity contribution in [3.05, 3.63) is 0 Å². The van der Waals surface area contributed by atoms with Crippen LogP contribution in [-0.2, 0) is 4.79 Å². The fourth-order valence-corrected chi connectivity index (χ4v) is 1.68. The van der Waals surface area contributed by atoms with Gasteiger partial charge in [0.25, 0.3) is 0 Å². The number of likely N-dealkylation sites (N-methyl/N-ethyl adjacent to an activating group) is 1. The van der Waals surface area contributed by atoms with E-state index in [2.05, 4.69) is 4.90 Å². The third-order valence-corrected chi connectivity index (χ3v) is 2.40. The van der Waals surface area contributed by atoms with Gasteiger partial charge >= 0.3 is 0 Å². The number of rotatable bonds is 2. The molecule has 1 atom stereocenters. The van der Waals surface area contributed by atoms with E-state index in [1.54, 1.807) is 0 Å². The molecule has 1 unspecified atom stereocenters. The molecule has 0 aromatic carbocycles. The Bertz CT molecular complexity index is 207. The van der Waals surface area contributed by atoms with Crippen molar-refractivity contribution >= 4 is 5.78 Å². The zero-order chi connectivity index (χ0) is 8.97. The third-order valence-electron chi connectivity index (χ3n) is 2.40. The molecule has 0 N–H and O–H groups in total. The molecular weight excluding hydrogens is 152 g/mol. The number of nitrogens with zero attached hydrogens (tertiary/aromatic N) is 2. The number of piperidine rings is 1. The Morgan fingerprint density at radius 1 is 1.67 bits per heavy atom. The topological polar surface area (TPSA) is 44.1 Å². The molecule has 1 aliphatic heterocycles. The molecule has 0 spiro atoms. The average Bonchev–Trinajstić information content (AvgIpc) is 2.05. The summed E-state index contributed by atoms with van der Waals surface area (Å²) >= 11 is 0. The van der Waals surface area contributed by atoms with Crippen LogP contribution >= 0.6 is 0 Å². The maximum atomic E-state index is 11.3. The van der Waals surface area contributed by atoms with E-state index < -0.39 is 0 Å². The van der Waals surface area contributed by atoms with Crippen molar-refractivity contribution in [1.82, 2.24) is 4.90 Å². The molecule has 0 amide bonds. The Morgan fingerprint density at radius 3 is 3.00 bits per heavy atom. The quantitative estimate of drug-likeness (QED) is 0.613. The molecule has 3 heteroatoms. The van der Waals surface area contributed by atoms with Gasteiger partial charge in [0, 0.05) is 0 Å². The lowest BCUT2D eigenvalue weighted by Gasteiger charge is -2.30. The molecule has 0 aromatic heterocycles. The Morgan fingerprint density at radius 2 is 2.42 bits per heavy atom.